The molecule has 0 N–H and O–H groups in total. The number of hydrogen-bond donors (Lipinski definition) is 0. The van der Waals surface area contributed by atoms with E-state index in [-0.39, 0.29) is 16.9 Å². The minimum Gasteiger partial charge on any atom is -0.480 e. The van der Waals surface area contributed by atoms with Crippen LogP contribution < -0.4 is 4.90 Å². The number of likely N-dealkylation sites (N-methyl/N-ethyl adjacent to an activating group) is 1. The summed E-state index contributed by atoms with van der Waals surface area (Å²) in [6.07, 6.45) is 12.4. The molecule has 42 heavy (non-hydrogen) atoms. The van der Waals surface area contributed by atoms with E-state index in [4.69, 9.17) is 9.47 Å². The summed E-state index contributed by atoms with van der Waals surface area (Å²) in [5, 5.41) is 28.7. The summed E-state index contributed by atoms with van der Waals surface area (Å²) in [6, 6.07) is 14.5. The number of rotatable bonds is 13. The maximum Gasteiger partial charge on any atom is 0.172 e. The van der Waals surface area contributed by atoms with E-state index < -0.39 is 5.60 Å². The zero-order chi connectivity index (χ0) is 30.7. The minimum atomic E-state index is -0.837. The predicted octanol–water partition coefficient (Wildman–Crippen LogP) is 8.24. The van der Waals surface area contributed by atoms with Crippen molar-refractivity contribution in [3.63, 3.8) is 0 Å². The van der Waals surface area contributed by atoms with Gasteiger partial charge in [-0.15, -0.1) is 11.3 Å². The van der Waals surface area contributed by atoms with Crippen LogP contribution in [0.2, 0.25) is 0 Å². The molecule has 2 aromatic rings. The molecule has 218 valence electrons. The van der Waals surface area contributed by atoms with Crippen molar-refractivity contribution in [3.05, 3.63) is 79.3 Å². The lowest BCUT2D eigenvalue weighted by Gasteiger charge is -2.22. The average molecular weight is 581 g/mol. The van der Waals surface area contributed by atoms with Crippen LogP contribution >= 0.6 is 11.3 Å². The highest BCUT2D eigenvalue weighted by Crippen LogP contribution is 2.41. The zero-order valence-electron chi connectivity index (χ0n) is 25.6. The number of allylic oxidation sites excluding steroid dienone is 2. The lowest BCUT2D eigenvalue weighted by molar-refractivity contribution is 0.0954. The zero-order valence-corrected chi connectivity index (χ0v) is 26.4. The Labute approximate surface area is 255 Å². The van der Waals surface area contributed by atoms with Crippen molar-refractivity contribution in [2.75, 3.05) is 31.7 Å². The summed E-state index contributed by atoms with van der Waals surface area (Å²) in [4.78, 5) is 4.70. The Hall–Kier alpha value is -4.09. The van der Waals surface area contributed by atoms with Gasteiger partial charge in [-0.05, 0) is 74.6 Å². The SMILES string of the molecule is CCCc1c(/C=C/C2=C(C#N)C(=C(C#N)C#N)OC2(C)C)sc(/C=C/c2ccc(N(CC)CCOC)cc2)c1CCC. The van der Waals surface area contributed by atoms with E-state index in [1.54, 1.807) is 18.4 Å². The van der Waals surface area contributed by atoms with Crippen molar-refractivity contribution in [1.82, 2.24) is 0 Å². The molecule has 1 aromatic heterocycles. The van der Waals surface area contributed by atoms with Gasteiger partial charge in [-0.3, -0.25) is 0 Å². The summed E-state index contributed by atoms with van der Waals surface area (Å²) in [6.45, 7) is 12.7. The number of thiophene rings is 1. The van der Waals surface area contributed by atoms with E-state index in [1.165, 1.54) is 21.7 Å². The smallest absolute Gasteiger partial charge is 0.172 e. The molecule has 0 fully saturated rings. The predicted molar refractivity (Wildman–Crippen MR) is 173 cm³/mol. The molecule has 1 aliphatic rings. The summed E-state index contributed by atoms with van der Waals surface area (Å²) < 4.78 is 11.2. The first-order chi connectivity index (χ1) is 20.3. The van der Waals surface area contributed by atoms with Crippen LogP contribution in [0, 0.1) is 34.0 Å². The quantitative estimate of drug-likeness (QED) is 0.222. The fourth-order valence-corrected chi connectivity index (χ4v) is 6.34. The third-order valence-corrected chi connectivity index (χ3v) is 8.48. The van der Waals surface area contributed by atoms with Gasteiger partial charge >= 0.3 is 0 Å². The average Bonchev–Trinajstić information content (AvgIpc) is 3.44. The molecular weight excluding hydrogens is 540 g/mol. The fraction of sp³-hybridized carbons (Fsp3) is 0.400. The maximum absolute atomic E-state index is 9.92. The van der Waals surface area contributed by atoms with Gasteiger partial charge in [0.2, 0.25) is 0 Å². The maximum atomic E-state index is 9.92. The largest absolute Gasteiger partial charge is 0.480 e. The van der Waals surface area contributed by atoms with E-state index in [9.17, 15) is 15.8 Å². The van der Waals surface area contributed by atoms with Crippen LogP contribution in [0.15, 0.2) is 52.8 Å². The van der Waals surface area contributed by atoms with Crippen molar-refractivity contribution in [2.24, 2.45) is 0 Å². The third kappa shape index (κ3) is 7.40. The monoisotopic (exact) mass is 580 g/mol. The number of ether oxygens (including phenoxy) is 2. The lowest BCUT2D eigenvalue weighted by atomic mass is 9.94. The third-order valence-electron chi connectivity index (χ3n) is 7.28. The normalized spacial score (nSPS) is 14.2. The summed E-state index contributed by atoms with van der Waals surface area (Å²) in [5.74, 6) is 0.0641. The van der Waals surface area contributed by atoms with Gasteiger partial charge < -0.3 is 14.4 Å². The summed E-state index contributed by atoms with van der Waals surface area (Å²) >= 11 is 1.76. The van der Waals surface area contributed by atoms with E-state index >= 15 is 0 Å². The number of methoxy groups -OCH3 is 1. The Balaban J connectivity index is 2.01. The Morgan fingerprint density at radius 3 is 2.02 bits per heavy atom. The van der Waals surface area contributed by atoms with Gasteiger partial charge in [0.1, 0.15) is 29.4 Å². The van der Waals surface area contributed by atoms with Crippen LogP contribution in [0.1, 0.15) is 73.9 Å². The van der Waals surface area contributed by atoms with Gasteiger partial charge in [0.25, 0.3) is 0 Å². The Kier molecular flexibility index (Phi) is 11.8. The molecule has 0 saturated heterocycles. The van der Waals surface area contributed by atoms with Gasteiger partial charge in [-0.25, -0.2) is 0 Å². The molecular formula is C35H40N4O2S. The topological polar surface area (TPSA) is 93.1 Å². The first kappa shape index (κ1) is 32.4. The first-order valence-electron chi connectivity index (χ1n) is 14.5. The van der Waals surface area contributed by atoms with Gasteiger partial charge in [-0.1, -0.05) is 51.0 Å². The highest BCUT2D eigenvalue weighted by molar-refractivity contribution is 7.14. The molecule has 0 bridgehead atoms. The summed E-state index contributed by atoms with van der Waals surface area (Å²) in [5.41, 5.74) is 4.93. The molecule has 2 heterocycles. The highest BCUT2D eigenvalue weighted by atomic mass is 32.1. The number of hydrogen-bond acceptors (Lipinski definition) is 7. The molecule has 0 radical (unpaired) electrons. The molecule has 7 heteroatoms. The fourth-order valence-electron chi connectivity index (χ4n) is 5.14. The molecule has 0 spiro atoms. The van der Waals surface area contributed by atoms with Gasteiger partial charge in [-0.2, -0.15) is 15.8 Å². The lowest BCUT2D eigenvalue weighted by Crippen LogP contribution is -2.26. The van der Waals surface area contributed by atoms with Crippen molar-refractivity contribution in [3.8, 4) is 18.2 Å². The second-order valence-corrected chi connectivity index (χ2v) is 11.6. The standard InChI is InChI=1S/C35H40N4O2S/c1-7-10-28-29(11-8-2)33(19-17-31-30(24-38)34(26(22-36)23-37)41-35(31,4)5)42-32(28)18-14-25-12-15-27(16-13-25)39(9-3)20-21-40-6/h12-19H,7-11,20-21H2,1-6H3/b18-14+,19-17+. The Morgan fingerprint density at radius 2 is 1.52 bits per heavy atom. The Morgan fingerprint density at radius 1 is 0.929 bits per heavy atom. The van der Waals surface area contributed by atoms with Crippen molar-refractivity contribution >= 4 is 35.3 Å². The second kappa shape index (κ2) is 15.2. The number of anilines is 1. The molecule has 6 nitrogen and oxygen atoms in total. The van der Waals surface area contributed by atoms with Crippen LogP contribution in [-0.2, 0) is 22.3 Å². The van der Waals surface area contributed by atoms with Crippen LogP contribution in [0.3, 0.4) is 0 Å². The van der Waals surface area contributed by atoms with E-state index in [2.05, 4.69) is 74.2 Å². The molecule has 1 aliphatic heterocycles. The van der Waals surface area contributed by atoms with Crippen molar-refractivity contribution < 1.29 is 9.47 Å². The molecule has 0 amide bonds. The first-order valence-corrected chi connectivity index (χ1v) is 15.3. The molecule has 1 aromatic carbocycles. The minimum absolute atomic E-state index is 0.0641. The second-order valence-electron chi connectivity index (χ2n) is 10.6. The number of nitriles is 3. The molecule has 0 unspecified atom stereocenters. The van der Waals surface area contributed by atoms with E-state index in [0.717, 1.165) is 49.2 Å². The van der Waals surface area contributed by atoms with E-state index in [0.29, 0.717) is 12.2 Å². The number of benzene rings is 1. The highest BCUT2D eigenvalue weighted by Gasteiger charge is 2.38. The molecule has 3 rings (SSSR count). The van der Waals surface area contributed by atoms with Crippen LogP contribution in [0.4, 0.5) is 5.69 Å². The molecule has 0 atom stereocenters. The van der Waals surface area contributed by atoms with Crippen LogP contribution in [0.25, 0.3) is 18.2 Å². The van der Waals surface area contributed by atoms with Gasteiger partial charge in [0.15, 0.2) is 11.3 Å². The molecule has 0 saturated carbocycles. The summed E-state index contributed by atoms with van der Waals surface area (Å²) in [7, 11) is 1.73. The van der Waals surface area contributed by atoms with Crippen LogP contribution in [0.5, 0.6) is 0 Å². The number of nitrogens with zero attached hydrogens (tertiary/aromatic N) is 4. The van der Waals surface area contributed by atoms with Crippen molar-refractivity contribution in [1.29, 1.82) is 15.8 Å². The van der Waals surface area contributed by atoms with E-state index in [1.807, 2.05) is 32.1 Å². The van der Waals surface area contributed by atoms with Crippen LogP contribution in [-0.4, -0.2) is 32.4 Å². The van der Waals surface area contributed by atoms with Gasteiger partial charge in [0.05, 0.1) is 6.61 Å². The Bertz CT molecular complexity index is 1490. The van der Waals surface area contributed by atoms with Gasteiger partial charge in [0, 0.05) is 41.2 Å². The van der Waals surface area contributed by atoms with Crippen molar-refractivity contribution in [2.45, 2.75) is 65.9 Å². The molecule has 0 aliphatic carbocycles.